The van der Waals surface area contributed by atoms with Crippen LogP contribution in [-0.4, -0.2) is 65.7 Å². The molecule has 3 saturated heterocycles. The number of piperidine rings is 2. The van der Waals surface area contributed by atoms with Gasteiger partial charge in [0.25, 0.3) is 0 Å². The minimum Gasteiger partial charge on any atom is -0.449 e. The Balaban J connectivity index is 1.32. The number of fused-ring (bicyclic) bond motifs is 2. The van der Waals surface area contributed by atoms with Crippen molar-refractivity contribution >= 4 is 17.7 Å². The Morgan fingerprint density at radius 3 is 2.22 bits per heavy atom. The summed E-state index contributed by atoms with van der Waals surface area (Å²) in [5.41, 5.74) is 0.769. The molecule has 4 rings (SSSR count). The van der Waals surface area contributed by atoms with Crippen LogP contribution in [0.15, 0.2) is 24.3 Å². The topological polar surface area (TPSA) is 53.1 Å². The molecule has 0 N–H and O–H groups in total. The molecule has 3 aliphatic rings. The number of likely N-dealkylation sites (tertiary alicyclic amines) is 1. The number of carbonyl (C=O) groups excluding carboxylic acids is 2. The van der Waals surface area contributed by atoms with Crippen LogP contribution in [0.1, 0.15) is 65.2 Å². The third kappa shape index (κ3) is 4.92. The van der Waals surface area contributed by atoms with Gasteiger partial charge in [-0.2, -0.15) is 0 Å². The van der Waals surface area contributed by atoms with E-state index in [4.69, 9.17) is 4.74 Å². The standard InChI is InChI=1S/C25H36FN3O3/c1-3-4-15-32-25(31)29-22-9-10-23(29)17-24(16-22)27-13-11-21(12-14-27)28(18(2)30)20-7-5-19(26)6-8-20/h5-8,21-24H,3-4,9-17H2,1-2H3. The van der Waals surface area contributed by atoms with Crippen molar-refractivity contribution in [3.63, 3.8) is 0 Å². The van der Waals surface area contributed by atoms with Crippen molar-refractivity contribution in [1.29, 1.82) is 0 Å². The van der Waals surface area contributed by atoms with Gasteiger partial charge in [0.05, 0.1) is 6.61 Å². The molecule has 0 aliphatic carbocycles. The van der Waals surface area contributed by atoms with Gasteiger partial charge < -0.3 is 19.4 Å². The lowest BCUT2D eigenvalue weighted by Gasteiger charge is -2.46. The van der Waals surface area contributed by atoms with Crippen LogP contribution in [0.5, 0.6) is 0 Å². The average Bonchev–Trinajstić information content (AvgIpc) is 3.05. The van der Waals surface area contributed by atoms with Gasteiger partial charge in [-0.1, -0.05) is 13.3 Å². The highest BCUT2D eigenvalue weighted by molar-refractivity contribution is 5.92. The second-order valence-electron chi connectivity index (χ2n) is 9.52. The lowest BCUT2D eigenvalue weighted by Crippen LogP contribution is -2.55. The summed E-state index contributed by atoms with van der Waals surface area (Å²) >= 11 is 0. The molecule has 0 radical (unpaired) electrons. The van der Waals surface area contributed by atoms with Crippen LogP contribution in [-0.2, 0) is 9.53 Å². The summed E-state index contributed by atoms with van der Waals surface area (Å²) in [6.07, 6.45) is 7.81. The van der Waals surface area contributed by atoms with Gasteiger partial charge in [0.2, 0.25) is 5.91 Å². The first-order valence-corrected chi connectivity index (χ1v) is 12.2. The van der Waals surface area contributed by atoms with E-state index in [2.05, 4.69) is 11.8 Å². The van der Waals surface area contributed by atoms with Crippen LogP contribution < -0.4 is 4.90 Å². The summed E-state index contributed by atoms with van der Waals surface area (Å²) < 4.78 is 18.8. The molecule has 2 atom stereocenters. The van der Waals surface area contributed by atoms with E-state index in [1.165, 1.54) is 12.1 Å². The summed E-state index contributed by atoms with van der Waals surface area (Å²) in [7, 11) is 0. The van der Waals surface area contributed by atoms with Crippen LogP contribution in [0.3, 0.4) is 0 Å². The number of amides is 2. The first-order valence-electron chi connectivity index (χ1n) is 12.2. The van der Waals surface area contributed by atoms with Crippen molar-refractivity contribution < 1.29 is 18.7 Å². The zero-order chi connectivity index (χ0) is 22.7. The van der Waals surface area contributed by atoms with Gasteiger partial charge in [-0.15, -0.1) is 0 Å². The molecule has 1 aromatic carbocycles. The largest absolute Gasteiger partial charge is 0.449 e. The third-order valence-electron chi connectivity index (χ3n) is 7.47. The molecule has 32 heavy (non-hydrogen) atoms. The summed E-state index contributed by atoms with van der Waals surface area (Å²) in [5, 5.41) is 0. The molecular weight excluding hydrogens is 409 g/mol. The predicted molar refractivity (Wildman–Crippen MR) is 122 cm³/mol. The molecule has 3 heterocycles. The van der Waals surface area contributed by atoms with Crippen LogP contribution in [0, 0.1) is 5.82 Å². The number of benzene rings is 1. The normalized spacial score (nSPS) is 26.2. The van der Waals surface area contributed by atoms with Crippen LogP contribution >= 0.6 is 0 Å². The van der Waals surface area contributed by atoms with Gasteiger partial charge in [0.1, 0.15) is 5.82 Å². The smallest absolute Gasteiger partial charge is 0.410 e. The maximum atomic E-state index is 13.3. The van der Waals surface area contributed by atoms with Crippen molar-refractivity contribution in [2.24, 2.45) is 0 Å². The number of unbranched alkanes of at least 4 members (excludes halogenated alkanes) is 1. The van der Waals surface area contributed by atoms with Gasteiger partial charge in [0, 0.05) is 49.9 Å². The molecule has 2 bridgehead atoms. The molecule has 2 unspecified atom stereocenters. The molecule has 0 aromatic heterocycles. The van der Waals surface area contributed by atoms with Gasteiger partial charge >= 0.3 is 6.09 Å². The Kier molecular flexibility index (Phi) is 7.33. The fourth-order valence-corrected chi connectivity index (χ4v) is 5.88. The maximum Gasteiger partial charge on any atom is 0.410 e. The van der Waals surface area contributed by atoms with Gasteiger partial charge in [-0.05, 0) is 69.2 Å². The van der Waals surface area contributed by atoms with Crippen molar-refractivity contribution in [2.45, 2.75) is 89.4 Å². The highest BCUT2D eigenvalue weighted by Crippen LogP contribution is 2.39. The molecule has 6 nitrogen and oxygen atoms in total. The van der Waals surface area contributed by atoms with Crippen LogP contribution in [0.4, 0.5) is 14.9 Å². The second-order valence-corrected chi connectivity index (χ2v) is 9.52. The number of anilines is 1. The zero-order valence-electron chi connectivity index (χ0n) is 19.3. The molecule has 3 fully saturated rings. The quantitative estimate of drug-likeness (QED) is 0.602. The first-order chi connectivity index (χ1) is 15.5. The minimum absolute atomic E-state index is 0.00277. The highest BCUT2D eigenvalue weighted by atomic mass is 19.1. The lowest BCUT2D eigenvalue weighted by atomic mass is 9.93. The fourth-order valence-electron chi connectivity index (χ4n) is 5.88. The Morgan fingerprint density at radius 1 is 1.03 bits per heavy atom. The van der Waals surface area contributed by atoms with E-state index in [-0.39, 0.29) is 23.9 Å². The van der Waals surface area contributed by atoms with Crippen molar-refractivity contribution in [3.05, 3.63) is 30.1 Å². The lowest BCUT2D eigenvalue weighted by molar-refractivity contribution is -0.117. The molecule has 176 valence electrons. The second kappa shape index (κ2) is 10.2. The number of nitrogens with zero attached hydrogens (tertiary/aromatic N) is 3. The summed E-state index contributed by atoms with van der Waals surface area (Å²) in [6.45, 7) is 6.09. The maximum absolute atomic E-state index is 13.3. The first kappa shape index (κ1) is 23.0. The van der Waals surface area contributed by atoms with E-state index >= 15 is 0 Å². The average molecular weight is 446 g/mol. The molecule has 2 amide bonds. The number of hydrogen-bond donors (Lipinski definition) is 0. The van der Waals surface area contributed by atoms with Crippen LogP contribution in [0.25, 0.3) is 0 Å². The van der Waals surface area contributed by atoms with Crippen molar-refractivity contribution in [1.82, 2.24) is 9.80 Å². The van der Waals surface area contributed by atoms with E-state index < -0.39 is 0 Å². The number of halogens is 1. The predicted octanol–water partition coefficient (Wildman–Crippen LogP) is 4.58. The number of carbonyl (C=O) groups is 2. The number of hydrogen-bond acceptors (Lipinski definition) is 4. The van der Waals surface area contributed by atoms with E-state index in [0.29, 0.717) is 24.7 Å². The SMILES string of the molecule is CCCCOC(=O)N1C2CCC1CC(N1CCC(N(C(C)=O)c3ccc(F)cc3)CC1)C2. The van der Waals surface area contributed by atoms with Crippen LogP contribution in [0.2, 0.25) is 0 Å². The summed E-state index contributed by atoms with van der Waals surface area (Å²) in [6, 6.07) is 7.42. The van der Waals surface area contributed by atoms with Gasteiger partial charge in [-0.25, -0.2) is 9.18 Å². The highest BCUT2D eigenvalue weighted by Gasteiger charge is 2.46. The van der Waals surface area contributed by atoms with E-state index in [0.717, 1.165) is 70.1 Å². The molecule has 0 spiro atoms. The Labute approximate surface area is 190 Å². The fraction of sp³-hybridized carbons (Fsp3) is 0.680. The minimum atomic E-state index is -0.290. The number of ether oxygens (including phenoxy) is 1. The van der Waals surface area contributed by atoms with E-state index in [1.807, 2.05) is 9.80 Å². The van der Waals surface area contributed by atoms with E-state index in [9.17, 15) is 14.0 Å². The Bertz CT molecular complexity index is 780. The molecule has 1 aromatic rings. The molecular formula is C25H36FN3O3. The summed E-state index contributed by atoms with van der Waals surface area (Å²) in [5.74, 6) is -0.287. The molecule has 7 heteroatoms. The Hall–Kier alpha value is -2.15. The van der Waals surface area contributed by atoms with Gasteiger partial charge in [-0.3, -0.25) is 4.79 Å². The number of rotatable bonds is 6. The van der Waals surface area contributed by atoms with Crippen molar-refractivity contribution in [3.8, 4) is 0 Å². The summed E-state index contributed by atoms with van der Waals surface area (Å²) in [4.78, 5) is 31.4. The van der Waals surface area contributed by atoms with Gasteiger partial charge in [0.15, 0.2) is 0 Å². The van der Waals surface area contributed by atoms with Crippen molar-refractivity contribution in [2.75, 3.05) is 24.6 Å². The van der Waals surface area contributed by atoms with E-state index in [1.54, 1.807) is 19.1 Å². The third-order valence-corrected chi connectivity index (χ3v) is 7.47. The monoisotopic (exact) mass is 445 g/mol. The molecule has 3 aliphatic heterocycles. The zero-order valence-corrected chi connectivity index (χ0v) is 19.3. The Morgan fingerprint density at radius 2 is 1.66 bits per heavy atom. The molecule has 0 saturated carbocycles.